The Morgan fingerprint density at radius 2 is 1.59 bits per heavy atom. The van der Waals surface area contributed by atoms with Crippen LogP contribution in [0.25, 0.3) is 0 Å². The molecule has 2 aromatic carbocycles. The number of hydrogen-bond acceptors (Lipinski definition) is 4. The van der Waals surface area contributed by atoms with E-state index in [1.807, 2.05) is 24.3 Å². The van der Waals surface area contributed by atoms with Gasteiger partial charge in [-0.2, -0.15) is 13.5 Å². The first-order chi connectivity index (χ1) is 13.1. The molecule has 0 fully saturated rings. The molecule has 0 aromatic heterocycles. The number of ether oxygens (including phenoxy) is 1. The van der Waals surface area contributed by atoms with E-state index in [0.29, 0.717) is 0 Å². The first-order valence-electron chi connectivity index (χ1n) is 9.44. The monoisotopic (exact) mass is 388 g/mol. The van der Waals surface area contributed by atoms with Crippen molar-refractivity contribution in [2.24, 2.45) is 5.10 Å². The lowest BCUT2D eigenvalue weighted by Gasteiger charge is -2.06. The maximum Gasteiger partial charge on any atom is 0.276 e. The Morgan fingerprint density at radius 3 is 2.30 bits per heavy atom. The van der Waals surface area contributed by atoms with Gasteiger partial charge in [0, 0.05) is 0 Å². The van der Waals surface area contributed by atoms with Crippen LogP contribution in [0.5, 0.6) is 5.75 Å². The second-order valence-electron chi connectivity index (χ2n) is 6.35. The average Bonchev–Trinajstić information content (AvgIpc) is 2.69. The van der Waals surface area contributed by atoms with Gasteiger partial charge in [0.25, 0.3) is 10.0 Å². The first-order valence-corrected chi connectivity index (χ1v) is 10.9. The SMILES string of the molecule is CCCCCCCCOc1ccc(/C=N/NS(=O)(=O)c2ccccc2)cc1. The Morgan fingerprint density at radius 1 is 0.926 bits per heavy atom. The van der Waals surface area contributed by atoms with Crippen molar-refractivity contribution in [2.75, 3.05) is 6.61 Å². The number of hydrogen-bond donors (Lipinski definition) is 1. The lowest BCUT2D eigenvalue weighted by atomic mass is 10.1. The molecule has 27 heavy (non-hydrogen) atoms. The smallest absolute Gasteiger partial charge is 0.276 e. The van der Waals surface area contributed by atoms with Gasteiger partial charge in [-0.1, -0.05) is 57.2 Å². The third-order valence-corrected chi connectivity index (χ3v) is 5.33. The van der Waals surface area contributed by atoms with E-state index >= 15 is 0 Å². The molecule has 0 radical (unpaired) electrons. The average molecular weight is 389 g/mol. The Hall–Kier alpha value is -2.34. The summed E-state index contributed by atoms with van der Waals surface area (Å²) < 4.78 is 29.9. The van der Waals surface area contributed by atoms with Crippen molar-refractivity contribution in [1.82, 2.24) is 4.83 Å². The molecule has 2 aromatic rings. The van der Waals surface area contributed by atoms with Gasteiger partial charge < -0.3 is 4.74 Å². The second-order valence-corrected chi connectivity index (χ2v) is 8.01. The molecule has 2 rings (SSSR count). The van der Waals surface area contributed by atoms with Crippen molar-refractivity contribution < 1.29 is 13.2 Å². The van der Waals surface area contributed by atoms with Gasteiger partial charge >= 0.3 is 0 Å². The lowest BCUT2D eigenvalue weighted by molar-refractivity contribution is 0.304. The predicted molar refractivity (Wildman–Crippen MR) is 110 cm³/mol. The van der Waals surface area contributed by atoms with Crippen LogP contribution in [0.1, 0.15) is 51.0 Å². The number of nitrogens with zero attached hydrogens (tertiary/aromatic N) is 1. The van der Waals surface area contributed by atoms with E-state index in [1.165, 1.54) is 50.5 Å². The summed E-state index contributed by atoms with van der Waals surface area (Å²) in [5, 5.41) is 3.83. The van der Waals surface area contributed by atoms with Gasteiger partial charge in [0.05, 0.1) is 17.7 Å². The van der Waals surface area contributed by atoms with Crippen molar-refractivity contribution in [3.05, 3.63) is 60.2 Å². The van der Waals surface area contributed by atoms with Crippen LogP contribution in [-0.4, -0.2) is 21.2 Å². The molecule has 0 heterocycles. The van der Waals surface area contributed by atoms with Crippen molar-refractivity contribution >= 4 is 16.2 Å². The van der Waals surface area contributed by atoms with Gasteiger partial charge in [-0.15, -0.1) is 0 Å². The van der Waals surface area contributed by atoms with E-state index in [2.05, 4.69) is 16.9 Å². The van der Waals surface area contributed by atoms with Crippen LogP contribution < -0.4 is 9.57 Å². The molecule has 0 spiro atoms. The van der Waals surface area contributed by atoms with E-state index in [4.69, 9.17) is 4.74 Å². The quantitative estimate of drug-likeness (QED) is 0.324. The summed E-state index contributed by atoms with van der Waals surface area (Å²) in [5.74, 6) is 0.811. The molecule has 0 aliphatic rings. The minimum absolute atomic E-state index is 0.181. The summed E-state index contributed by atoms with van der Waals surface area (Å²) in [4.78, 5) is 2.39. The van der Waals surface area contributed by atoms with Crippen LogP contribution in [0.3, 0.4) is 0 Å². The van der Waals surface area contributed by atoms with E-state index in [9.17, 15) is 8.42 Å². The third-order valence-electron chi connectivity index (χ3n) is 4.09. The van der Waals surface area contributed by atoms with E-state index < -0.39 is 10.0 Å². The van der Waals surface area contributed by atoms with Crippen LogP contribution >= 0.6 is 0 Å². The molecule has 0 amide bonds. The highest BCUT2D eigenvalue weighted by Crippen LogP contribution is 2.13. The van der Waals surface area contributed by atoms with Gasteiger partial charge in [0.2, 0.25) is 0 Å². The van der Waals surface area contributed by atoms with E-state index in [1.54, 1.807) is 18.2 Å². The number of benzene rings is 2. The van der Waals surface area contributed by atoms with E-state index in [-0.39, 0.29) is 4.90 Å². The highest BCUT2D eigenvalue weighted by Gasteiger charge is 2.10. The zero-order valence-electron chi connectivity index (χ0n) is 15.8. The van der Waals surface area contributed by atoms with E-state index in [0.717, 1.165) is 24.3 Å². The number of sulfonamides is 1. The summed E-state index contributed by atoms with van der Waals surface area (Å²) >= 11 is 0. The first kappa shape index (κ1) is 21.0. The van der Waals surface area contributed by atoms with Gasteiger partial charge in [0.15, 0.2) is 0 Å². The fourth-order valence-corrected chi connectivity index (χ4v) is 3.36. The number of rotatable bonds is 12. The number of nitrogens with one attached hydrogen (secondary N) is 1. The Kier molecular flexibility index (Phi) is 8.84. The summed E-state index contributed by atoms with van der Waals surface area (Å²) in [6, 6.07) is 15.6. The highest BCUT2D eigenvalue weighted by molar-refractivity contribution is 7.89. The molecule has 0 aliphatic carbocycles. The molecule has 0 atom stereocenters. The maximum atomic E-state index is 12.1. The molecule has 0 saturated heterocycles. The van der Waals surface area contributed by atoms with Crippen LogP contribution in [0.15, 0.2) is 64.6 Å². The molecule has 0 aliphatic heterocycles. The minimum atomic E-state index is -3.63. The molecule has 0 unspecified atom stereocenters. The van der Waals surface area contributed by atoms with Crippen molar-refractivity contribution in [2.45, 2.75) is 50.3 Å². The summed E-state index contributed by atoms with van der Waals surface area (Å²) in [7, 11) is -3.63. The van der Waals surface area contributed by atoms with Crippen LogP contribution in [0.2, 0.25) is 0 Å². The lowest BCUT2D eigenvalue weighted by Crippen LogP contribution is -2.18. The van der Waals surface area contributed by atoms with Crippen LogP contribution in [0.4, 0.5) is 0 Å². The molecule has 5 nitrogen and oxygen atoms in total. The predicted octanol–water partition coefficient (Wildman–Crippen LogP) is 4.74. The highest BCUT2D eigenvalue weighted by atomic mass is 32.2. The largest absolute Gasteiger partial charge is 0.494 e. The molecular weight excluding hydrogens is 360 g/mol. The molecule has 1 N–H and O–H groups in total. The van der Waals surface area contributed by atoms with Gasteiger partial charge in [-0.3, -0.25) is 0 Å². The molecule has 0 saturated carbocycles. The second kappa shape index (κ2) is 11.4. The Balaban J connectivity index is 1.74. The van der Waals surface area contributed by atoms with Gasteiger partial charge in [0.1, 0.15) is 5.75 Å². The third kappa shape index (κ3) is 7.83. The maximum absolute atomic E-state index is 12.1. The van der Waals surface area contributed by atoms with Crippen molar-refractivity contribution in [3.8, 4) is 5.75 Å². The fourth-order valence-electron chi connectivity index (χ4n) is 2.55. The van der Waals surface area contributed by atoms with Crippen molar-refractivity contribution in [1.29, 1.82) is 0 Å². The molecule has 6 heteroatoms. The Labute approximate surface area is 162 Å². The summed E-state index contributed by atoms with van der Waals surface area (Å²) in [5.41, 5.74) is 0.790. The van der Waals surface area contributed by atoms with Crippen LogP contribution in [0, 0.1) is 0 Å². The van der Waals surface area contributed by atoms with Crippen LogP contribution in [-0.2, 0) is 10.0 Å². The van der Waals surface area contributed by atoms with Gasteiger partial charge in [-0.05, 0) is 48.4 Å². The summed E-state index contributed by atoms with van der Waals surface area (Å²) in [6.07, 6.45) is 8.88. The molecular formula is C21H28N2O3S. The Bertz CT molecular complexity index is 788. The molecule has 0 bridgehead atoms. The minimum Gasteiger partial charge on any atom is -0.494 e. The molecule has 146 valence electrons. The zero-order chi connectivity index (χ0) is 19.4. The fraction of sp³-hybridized carbons (Fsp3) is 0.381. The topological polar surface area (TPSA) is 67.8 Å². The standard InChI is InChI=1S/C21H28N2O3S/c1-2-3-4-5-6-10-17-26-20-15-13-19(14-16-20)18-22-23-27(24,25)21-11-8-7-9-12-21/h7-9,11-16,18,23H,2-6,10,17H2,1H3/b22-18+. The van der Waals surface area contributed by atoms with Crippen molar-refractivity contribution in [3.63, 3.8) is 0 Å². The zero-order valence-corrected chi connectivity index (χ0v) is 16.6. The number of unbranched alkanes of at least 4 members (excludes halogenated alkanes) is 5. The van der Waals surface area contributed by atoms with Gasteiger partial charge in [-0.25, -0.2) is 4.83 Å². The number of hydrazone groups is 1. The summed E-state index contributed by atoms with van der Waals surface area (Å²) in [6.45, 7) is 2.94. The normalized spacial score (nSPS) is 11.6.